The van der Waals surface area contributed by atoms with Crippen molar-refractivity contribution in [2.45, 2.75) is 12.3 Å². The maximum atomic E-state index is 5.35. The molecule has 0 amide bonds. The fourth-order valence-electron chi connectivity index (χ4n) is 2.20. The van der Waals surface area contributed by atoms with Gasteiger partial charge in [0.05, 0.1) is 6.61 Å². The summed E-state index contributed by atoms with van der Waals surface area (Å²) in [6.45, 7) is 5.61. The summed E-state index contributed by atoms with van der Waals surface area (Å²) < 4.78 is 5.35. The van der Waals surface area contributed by atoms with Gasteiger partial charge >= 0.3 is 0 Å². The Bertz CT molecular complexity index is 341. The Morgan fingerprint density at radius 1 is 1.31 bits per heavy atom. The predicted octanol–water partition coefficient (Wildman–Crippen LogP) is -0.282. The zero-order valence-corrected chi connectivity index (χ0v) is 9.28. The minimum atomic E-state index is 0.407. The average molecular weight is 223 g/mol. The normalized spacial score (nSPS) is 26.2. The van der Waals surface area contributed by atoms with Crippen LogP contribution in [0.4, 0.5) is 5.95 Å². The van der Waals surface area contributed by atoms with Gasteiger partial charge in [-0.3, -0.25) is 5.10 Å². The minimum absolute atomic E-state index is 0.407. The highest BCUT2D eigenvalue weighted by atomic mass is 16.5. The highest BCUT2D eigenvalue weighted by Gasteiger charge is 2.23. The second kappa shape index (κ2) is 4.39. The molecule has 2 saturated heterocycles. The van der Waals surface area contributed by atoms with Gasteiger partial charge in [0, 0.05) is 38.7 Å². The third-order valence-corrected chi connectivity index (χ3v) is 3.21. The molecule has 3 rings (SSSR count). The minimum Gasteiger partial charge on any atom is -0.381 e. The molecular weight excluding hydrogens is 206 g/mol. The van der Waals surface area contributed by atoms with E-state index in [1.165, 1.54) is 0 Å². The molecule has 1 unspecified atom stereocenters. The third kappa shape index (κ3) is 1.90. The number of H-pyrrole nitrogens is 1. The van der Waals surface area contributed by atoms with Gasteiger partial charge in [-0.05, 0) is 6.42 Å². The van der Waals surface area contributed by atoms with E-state index in [0.717, 1.165) is 57.6 Å². The Morgan fingerprint density at radius 3 is 2.94 bits per heavy atom. The molecule has 0 aromatic carbocycles. The van der Waals surface area contributed by atoms with Gasteiger partial charge in [0.15, 0.2) is 0 Å². The molecule has 1 aromatic rings. The molecular formula is C10H17N5O. The van der Waals surface area contributed by atoms with E-state index in [4.69, 9.17) is 4.74 Å². The van der Waals surface area contributed by atoms with Crippen molar-refractivity contribution in [1.82, 2.24) is 20.5 Å². The Kier molecular flexibility index (Phi) is 2.75. The molecule has 6 nitrogen and oxygen atoms in total. The number of piperazine rings is 1. The van der Waals surface area contributed by atoms with Crippen LogP contribution in [-0.2, 0) is 4.74 Å². The first-order valence-electron chi connectivity index (χ1n) is 5.89. The van der Waals surface area contributed by atoms with Crippen LogP contribution in [-0.4, -0.2) is 54.6 Å². The Morgan fingerprint density at radius 2 is 2.19 bits per heavy atom. The molecule has 16 heavy (non-hydrogen) atoms. The lowest BCUT2D eigenvalue weighted by molar-refractivity contribution is 0.193. The molecule has 88 valence electrons. The first-order chi connectivity index (χ1) is 7.93. The fraction of sp³-hybridized carbons (Fsp3) is 0.800. The predicted molar refractivity (Wildman–Crippen MR) is 59.6 cm³/mol. The zero-order chi connectivity index (χ0) is 10.8. The van der Waals surface area contributed by atoms with Gasteiger partial charge in [-0.15, -0.1) is 5.10 Å². The maximum Gasteiger partial charge on any atom is 0.244 e. The zero-order valence-electron chi connectivity index (χ0n) is 9.28. The quantitative estimate of drug-likeness (QED) is 0.722. The van der Waals surface area contributed by atoms with Gasteiger partial charge in [-0.2, -0.15) is 4.98 Å². The first kappa shape index (κ1) is 10.0. The van der Waals surface area contributed by atoms with Crippen LogP contribution in [0.25, 0.3) is 0 Å². The lowest BCUT2D eigenvalue weighted by Crippen LogP contribution is -2.44. The smallest absolute Gasteiger partial charge is 0.244 e. The summed E-state index contributed by atoms with van der Waals surface area (Å²) in [4.78, 5) is 6.78. The van der Waals surface area contributed by atoms with E-state index in [0.29, 0.717) is 5.92 Å². The number of hydrogen-bond acceptors (Lipinski definition) is 5. The van der Waals surface area contributed by atoms with E-state index in [9.17, 15) is 0 Å². The number of ether oxygens (including phenoxy) is 1. The third-order valence-electron chi connectivity index (χ3n) is 3.21. The van der Waals surface area contributed by atoms with E-state index >= 15 is 0 Å². The standard InChI is InChI=1S/C10H17N5O/c1-6-16-7-8(1)9-12-10(14-13-9)15-4-2-11-3-5-15/h8,11H,1-7H2,(H,12,13,14). The van der Waals surface area contributed by atoms with Crippen molar-refractivity contribution in [1.29, 1.82) is 0 Å². The van der Waals surface area contributed by atoms with Gasteiger partial charge in [-0.25, -0.2) is 0 Å². The number of rotatable bonds is 2. The SMILES string of the molecule is C1CN(c2n[nH]c(C3CCOC3)n2)CCN1. The van der Waals surface area contributed by atoms with Crippen LogP contribution in [0.1, 0.15) is 18.2 Å². The van der Waals surface area contributed by atoms with Crippen molar-refractivity contribution in [2.24, 2.45) is 0 Å². The second-order valence-corrected chi connectivity index (χ2v) is 4.32. The van der Waals surface area contributed by atoms with Crippen molar-refractivity contribution < 1.29 is 4.74 Å². The Balaban J connectivity index is 1.71. The van der Waals surface area contributed by atoms with Crippen molar-refractivity contribution >= 4 is 5.95 Å². The molecule has 2 fully saturated rings. The van der Waals surface area contributed by atoms with Crippen molar-refractivity contribution in [3.8, 4) is 0 Å². The average Bonchev–Trinajstić information content (AvgIpc) is 3.01. The van der Waals surface area contributed by atoms with Crippen LogP contribution in [0.3, 0.4) is 0 Å². The fourth-order valence-corrected chi connectivity index (χ4v) is 2.20. The molecule has 0 saturated carbocycles. The molecule has 0 bridgehead atoms. The van der Waals surface area contributed by atoms with E-state index in [2.05, 4.69) is 25.4 Å². The summed E-state index contributed by atoms with van der Waals surface area (Å²) in [6.07, 6.45) is 1.05. The Labute approximate surface area is 94.4 Å². The molecule has 3 heterocycles. The molecule has 1 aromatic heterocycles. The van der Waals surface area contributed by atoms with E-state index in [1.54, 1.807) is 0 Å². The van der Waals surface area contributed by atoms with Crippen LogP contribution in [0.15, 0.2) is 0 Å². The second-order valence-electron chi connectivity index (χ2n) is 4.32. The van der Waals surface area contributed by atoms with Crippen molar-refractivity contribution in [3.05, 3.63) is 5.82 Å². The lowest BCUT2D eigenvalue weighted by Gasteiger charge is -2.25. The highest BCUT2D eigenvalue weighted by Crippen LogP contribution is 2.23. The molecule has 0 spiro atoms. The molecule has 2 aliphatic rings. The number of nitrogens with zero attached hydrogens (tertiary/aromatic N) is 3. The van der Waals surface area contributed by atoms with E-state index in [-0.39, 0.29) is 0 Å². The molecule has 0 radical (unpaired) electrons. The number of nitrogens with one attached hydrogen (secondary N) is 2. The van der Waals surface area contributed by atoms with Crippen LogP contribution >= 0.6 is 0 Å². The maximum absolute atomic E-state index is 5.35. The van der Waals surface area contributed by atoms with Gasteiger partial charge in [0.1, 0.15) is 5.82 Å². The van der Waals surface area contributed by atoms with Crippen LogP contribution in [0.2, 0.25) is 0 Å². The summed E-state index contributed by atoms with van der Waals surface area (Å²) in [6, 6.07) is 0. The summed E-state index contributed by atoms with van der Waals surface area (Å²) in [7, 11) is 0. The monoisotopic (exact) mass is 223 g/mol. The summed E-state index contributed by atoms with van der Waals surface area (Å²) in [5.41, 5.74) is 0. The summed E-state index contributed by atoms with van der Waals surface area (Å²) >= 11 is 0. The van der Waals surface area contributed by atoms with E-state index in [1.807, 2.05) is 0 Å². The topological polar surface area (TPSA) is 66.1 Å². The molecule has 1 atom stereocenters. The van der Waals surface area contributed by atoms with Crippen LogP contribution < -0.4 is 10.2 Å². The highest BCUT2D eigenvalue weighted by molar-refractivity contribution is 5.30. The molecule has 6 heteroatoms. The summed E-state index contributed by atoms with van der Waals surface area (Å²) in [5.74, 6) is 2.22. The number of aromatic nitrogens is 3. The van der Waals surface area contributed by atoms with Gasteiger partial charge in [0.2, 0.25) is 5.95 Å². The van der Waals surface area contributed by atoms with Gasteiger partial charge in [-0.1, -0.05) is 0 Å². The van der Waals surface area contributed by atoms with Crippen molar-refractivity contribution in [2.75, 3.05) is 44.3 Å². The number of anilines is 1. The first-order valence-corrected chi connectivity index (χ1v) is 5.89. The Hall–Kier alpha value is -1.14. The molecule has 2 N–H and O–H groups in total. The lowest BCUT2D eigenvalue weighted by atomic mass is 10.1. The van der Waals surface area contributed by atoms with Crippen LogP contribution in [0.5, 0.6) is 0 Å². The van der Waals surface area contributed by atoms with Crippen LogP contribution in [0, 0.1) is 0 Å². The molecule has 2 aliphatic heterocycles. The van der Waals surface area contributed by atoms with Crippen molar-refractivity contribution in [3.63, 3.8) is 0 Å². The largest absolute Gasteiger partial charge is 0.381 e. The number of aromatic amines is 1. The molecule has 0 aliphatic carbocycles. The summed E-state index contributed by atoms with van der Waals surface area (Å²) in [5, 5.41) is 10.7. The van der Waals surface area contributed by atoms with Gasteiger partial charge < -0.3 is 15.0 Å². The van der Waals surface area contributed by atoms with E-state index < -0.39 is 0 Å². The van der Waals surface area contributed by atoms with Gasteiger partial charge in [0.25, 0.3) is 0 Å². The number of hydrogen-bond donors (Lipinski definition) is 2.